The highest BCUT2D eigenvalue weighted by atomic mass is 16.6. The molecule has 0 saturated carbocycles. The van der Waals surface area contributed by atoms with E-state index in [-0.39, 0.29) is 24.1 Å². The van der Waals surface area contributed by atoms with Crippen LogP contribution < -0.4 is 5.73 Å². The number of aliphatic hydroxyl groups is 1. The molecular formula is C15H30N2O3. The Bertz CT molecular complexity index is 357. The zero-order valence-electron chi connectivity index (χ0n) is 13.7. The Morgan fingerprint density at radius 1 is 1.30 bits per heavy atom. The van der Waals surface area contributed by atoms with Crippen molar-refractivity contribution < 1.29 is 14.6 Å². The third kappa shape index (κ3) is 4.35. The number of likely N-dealkylation sites (tertiary alicyclic amines) is 1. The summed E-state index contributed by atoms with van der Waals surface area (Å²) >= 11 is 0. The number of nitrogens with two attached hydrogens (primary N) is 1. The van der Waals surface area contributed by atoms with E-state index in [1.807, 2.05) is 41.5 Å². The molecule has 0 radical (unpaired) electrons. The fourth-order valence-electron chi connectivity index (χ4n) is 2.61. The first kappa shape index (κ1) is 17.2. The molecule has 0 aromatic carbocycles. The maximum absolute atomic E-state index is 12.1. The fourth-order valence-corrected chi connectivity index (χ4v) is 2.61. The van der Waals surface area contributed by atoms with E-state index < -0.39 is 11.2 Å². The van der Waals surface area contributed by atoms with E-state index in [2.05, 4.69) is 0 Å². The molecule has 1 aliphatic heterocycles. The van der Waals surface area contributed by atoms with E-state index in [0.717, 1.165) is 6.42 Å². The zero-order valence-corrected chi connectivity index (χ0v) is 13.7. The molecule has 1 rings (SSSR count). The number of ether oxygens (including phenoxy) is 1. The van der Waals surface area contributed by atoms with Crippen molar-refractivity contribution in [1.82, 2.24) is 4.90 Å². The number of carbonyl (C=O) groups is 1. The molecule has 1 saturated heterocycles. The number of amides is 1. The Kier molecular flexibility index (Phi) is 4.76. The normalized spacial score (nSPS) is 26.3. The molecule has 1 fully saturated rings. The van der Waals surface area contributed by atoms with Crippen LogP contribution in [-0.4, -0.2) is 46.4 Å². The molecule has 0 aromatic rings. The Morgan fingerprint density at radius 2 is 1.85 bits per heavy atom. The van der Waals surface area contributed by atoms with Crippen molar-refractivity contribution in [3.05, 3.63) is 0 Å². The van der Waals surface area contributed by atoms with Crippen LogP contribution in [0.25, 0.3) is 0 Å². The Morgan fingerprint density at radius 3 is 2.30 bits per heavy atom. The van der Waals surface area contributed by atoms with Crippen LogP contribution in [-0.2, 0) is 4.74 Å². The number of β-amino-alcohol motifs (C(OH)–C–C–N with tert-alkyl or cyclic N) is 1. The van der Waals surface area contributed by atoms with Crippen molar-refractivity contribution in [2.45, 2.75) is 71.6 Å². The molecule has 1 aliphatic rings. The first-order valence-electron chi connectivity index (χ1n) is 7.31. The Balaban J connectivity index is 2.78. The highest BCUT2D eigenvalue weighted by molar-refractivity contribution is 5.68. The lowest BCUT2D eigenvalue weighted by Crippen LogP contribution is -2.63. The van der Waals surface area contributed by atoms with Gasteiger partial charge in [0.1, 0.15) is 5.60 Å². The van der Waals surface area contributed by atoms with Gasteiger partial charge in [-0.25, -0.2) is 4.79 Å². The monoisotopic (exact) mass is 286 g/mol. The van der Waals surface area contributed by atoms with Gasteiger partial charge in [0, 0.05) is 12.6 Å². The highest BCUT2D eigenvalue weighted by Crippen LogP contribution is 2.33. The molecule has 0 aliphatic carbocycles. The van der Waals surface area contributed by atoms with Gasteiger partial charge in [-0.15, -0.1) is 0 Å². The first-order chi connectivity index (χ1) is 8.85. The van der Waals surface area contributed by atoms with Crippen LogP contribution in [0.1, 0.15) is 54.4 Å². The molecule has 2 atom stereocenters. The summed E-state index contributed by atoms with van der Waals surface area (Å²) in [4.78, 5) is 13.7. The van der Waals surface area contributed by atoms with E-state index in [1.54, 1.807) is 4.90 Å². The van der Waals surface area contributed by atoms with Gasteiger partial charge in [0.25, 0.3) is 0 Å². The number of hydrogen-bond acceptors (Lipinski definition) is 4. The molecule has 3 N–H and O–H groups in total. The number of nitrogens with zero attached hydrogens (tertiary/aromatic N) is 1. The third-order valence-electron chi connectivity index (χ3n) is 3.67. The van der Waals surface area contributed by atoms with E-state index in [1.165, 1.54) is 0 Å². The lowest BCUT2D eigenvalue weighted by atomic mass is 9.73. The summed E-state index contributed by atoms with van der Waals surface area (Å²) in [5.74, 6) is 0. The maximum atomic E-state index is 12.1. The average molecular weight is 286 g/mol. The standard InChI is InChI=1S/C15H30N2O3/c1-13(2,3)11(16)15(19)8-7-9-17(10-15)12(18)20-14(4,5)6/h11,19H,7-10,16H2,1-6H3. The minimum Gasteiger partial charge on any atom is -0.444 e. The number of hydrogen-bond donors (Lipinski definition) is 2. The van der Waals surface area contributed by atoms with Gasteiger partial charge in [-0.3, -0.25) is 0 Å². The molecule has 2 unspecified atom stereocenters. The van der Waals surface area contributed by atoms with E-state index in [0.29, 0.717) is 13.0 Å². The molecule has 0 aromatic heterocycles. The molecule has 118 valence electrons. The molecule has 1 amide bonds. The first-order valence-corrected chi connectivity index (χ1v) is 7.31. The quantitative estimate of drug-likeness (QED) is 0.774. The second-order valence-corrected chi connectivity index (χ2v) is 7.95. The van der Waals surface area contributed by atoms with Crippen molar-refractivity contribution in [2.24, 2.45) is 11.1 Å². The van der Waals surface area contributed by atoms with Crippen molar-refractivity contribution in [3.8, 4) is 0 Å². The number of rotatable bonds is 1. The SMILES string of the molecule is CC(C)(C)OC(=O)N1CCCC(O)(C(N)C(C)(C)C)C1. The highest BCUT2D eigenvalue weighted by Gasteiger charge is 2.45. The van der Waals surface area contributed by atoms with Crippen LogP contribution in [0.15, 0.2) is 0 Å². The average Bonchev–Trinajstić information content (AvgIpc) is 2.24. The Labute approximate surface area is 122 Å². The summed E-state index contributed by atoms with van der Waals surface area (Å²) in [6, 6.07) is -0.389. The van der Waals surface area contributed by atoms with Gasteiger partial charge in [-0.05, 0) is 39.0 Å². The molecule has 0 bridgehead atoms. The van der Waals surface area contributed by atoms with Gasteiger partial charge < -0.3 is 20.5 Å². The zero-order chi connectivity index (χ0) is 15.8. The van der Waals surface area contributed by atoms with Gasteiger partial charge >= 0.3 is 6.09 Å². The second kappa shape index (κ2) is 5.53. The minimum atomic E-state index is -1.05. The summed E-state index contributed by atoms with van der Waals surface area (Å²) in [5, 5.41) is 10.8. The predicted molar refractivity (Wildman–Crippen MR) is 79.4 cm³/mol. The van der Waals surface area contributed by atoms with Gasteiger partial charge in [0.2, 0.25) is 0 Å². The predicted octanol–water partition coefficient (Wildman–Crippen LogP) is 2.12. The van der Waals surface area contributed by atoms with Crippen molar-refractivity contribution in [3.63, 3.8) is 0 Å². The summed E-state index contributed by atoms with van der Waals surface area (Å²) in [6.45, 7) is 12.4. The largest absolute Gasteiger partial charge is 0.444 e. The van der Waals surface area contributed by atoms with Crippen LogP contribution in [0.3, 0.4) is 0 Å². The van der Waals surface area contributed by atoms with Gasteiger partial charge in [0.15, 0.2) is 0 Å². The van der Waals surface area contributed by atoms with Crippen molar-refractivity contribution in [1.29, 1.82) is 0 Å². The van der Waals surface area contributed by atoms with E-state index in [4.69, 9.17) is 10.5 Å². The van der Waals surface area contributed by atoms with Crippen LogP contribution in [0.5, 0.6) is 0 Å². The van der Waals surface area contributed by atoms with E-state index >= 15 is 0 Å². The summed E-state index contributed by atoms with van der Waals surface area (Å²) in [6.07, 6.45) is 0.973. The summed E-state index contributed by atoms with van der Waals surface area (Å²) in [5.41, 5.74) is 4.43. The van der Waals surface area contributed by atoms with Crippen LogP contribution >= 0.6 is 0 Å². The molecule has 1 heterocycles. The maximum Gasteiger partial charge on any atom is 0.410 e. The van der Waals surface area contributed by atoms with E-state index in [9.17, 15) is 9.90 Å². The lowest BCUT2D eigenvalue weighted by molar-refractivity contribution is -0.0761. The molecule has 0 spiro atoms. The van der Waals surface area contributed by atoms with Gasteiger partial charge in [-0.1, -0.05) is 20.8 Å². The summed E-state index contributed by atoms with van der Waals surface area (Å²) in [7, 11) is 0. The van der Waals surface area contributed by atoms with Gasteiger partial charge in [-0.2, -0.15) is 0 Å². The molecular weight excluding hydrogens is 256 g/mol. The molecule has 20 heavy (non-hydrogen) atoms. The van der Waals surface area contributed by atoms with Crippen molar-refractivity contribution in [2.75, 3.05) is 13.1 Å². The Hall–Kier alpha value is -0.810. The number of piperidine rings is 1. The fraction of sp³-hybridized carbons (Fsp3) is 0.933. The smallest absolute Gasteiger partial charge is 0.410 e. The van der Waals surface area contributed by atoms with Crippen molar-refractivity contribution >= 4 is 6.09 Å². The third-order valence-corrected chi connectivity index (χ3v) is 3.67. The summed E-state index contributed by atoms with van der Waals surface area (Å²) < 4.78 is 5.37. The molecule has 5 heteroatoms. The minimum absolute atomic E-state index is 0.217. The van der Waals surface area contributed by atoms with Crippen LogP contribution in [0.4, 0.5) is 4.79 Å². The second-order valence-electron chi connectivity index (χ2n) is 7.95. The topological polar surface area (TPSA) is 75.8 Å². The van der Waals surface area contributed by atoms with Crippen LogP contribution in [0, 0.1) is 5.41 Å². The van der Waals surface area contributed by atoms with Crippen LogP contribution in [0.2, 0.25) is 0 Å². The lowest BCUT2D eigenvalue weighted by Gasteiger charge is -2.46. The van der Waals surface area contributed by atoms with Gasteiger partial charge in [0.05, 0.1) is 12.1 Å². The number of carbonyl (C=O) groups excluding carboxylic acids is 1. The molecule has 5 nitrogen and oxygen atoms in total.